The van der Waals surface area contributed by atoms with Gasteiger partial charge in [-0.25, -0.2) is 9.97 Å². The zero-order chi connectivity index (χ0) is 13.2. The van der Waals surface area contributed by atoms with Crippen LogP contribution in [0.5, 0.6) is 0 Å². The van der Waals surface area contributed by atoms with Crippen molar-refractivity contribution in [2.75, 3.05) is 0 Å². The van der Waals surface area contributed by atoms with Gasteiger partial charge in [-0.1, -0.05) is 28.9 Å². The van der Waals surface area contributed by atoms with Crippen molar-refractivity contribution < 1.29 is 4.52 Å². The predicted molar refractivity (Wildman–Crippen MR) is 72.7 cm³/mol. The molecular formula is C14H10ClN3O. The monoisotopic (exact) mass is 271 g/mol. The predicted octanol–water partition coefficient (Wildman–Crippen LogP) is 3.76. The molecule has 0 amide bonds. The van der Waals surface area contributed by atoms with Crippen LogP contribution in [0.1, 0.15) is 5.69 Å². The van der Waals surface area contributed by atoms with Gasteiger partial charge in [-0.05, 0) is 19.1 Å². The Morgan fingerprint density at radius 1 is 1.16 bits per heavy atom. The average Bonchev–Trinajstić information content (AvgIpc) is 2.86. The lowest BCUT2D eigenvalue weighted by Gasteiger charge is -2.05. The number of hydrogen-bond acceptors (Lipinski definition) is 4. The fraction of sp³-hybridized carbons (Fsp3) is 0.0714. The van der Waals surface area contributed by atoms with E-state index in [1.165, 1.54) is 6.33 Å². The van der Waals surface area contributed by atoms with E-state index in [2.05, 4.69) is 15.1 Å². The zero-order valence-electron chi connectivity index (χ0n) is 10.2. The number of benzene rings is 1. The summed E-state index contributed by atoms with van der Waals surface area (Å²) in [5.74, 6) is 0.656. The van der Waals surface area contributed by atoms with E-state index in [0.29, 0.717) is 10.8 Å². The Morgan fingerprint density at radius 2 is 1.95 bits per heavy atom. The molecule has 1 aromatic carbocycles. The summed E-state index contributed by atoms with van der Waals surface area (Å²) in [7, 11) is 0. The van der Waals surface area contributed by atoms with Crippen molar-refractivity contribution in [3.8, 4) is 22.6 Å². The van der Waals surface area contributed by atoms with Crippen molar-refractivity contribution in [3.05, 3.63) is 53.6 Å². The van der Waals surface area contributed by atoms with E-state index in [-0.39, 0.29) is 0 Å². The summed E-state index contributed by atoms with van der Waals surface area (Å²) in [6, 6.07) is 9.34. The van der Waals surface area contributed by atoms with Gasteiger partial charge < -0.3 is 4.52 Å². The molecule has 0 aliphatic rings. The van der Waals surface area contributed by atoms with Crippen LogP contribution in [-0.4, -0.2) is 15.1 Å². The maximum absolute atomic E-state index is 5.90. The number of nitrogens with zero attached hydrogens (tertiary/aromatic N) is 3. The first kappa shape index (κ1) is 11.9. The molecule has 0 saturated carbocycles. The van der Waals surface area contributed by atoms with E-state index >= 15 is 0 Å². The topological polar surface area (TPSA) is 51.8 Å². The third-order valence-corrected chi connectivity index (χ3v) is 2.98. The molecule has 3 aromatic rings. The molecular weight excluding hydrogens is 262 g/mol. The van der Waals surface area contributed by atoms with Crippen LogP contribution in [0, 0.1) is 6.92 Å². The van der Waals surface area contributed by atoms with Crippen LogP contribution >= 0.6 is 11.6 Å². The van der Waals surface area contributed by atoms with Crippen molar-refractivity contribution in [2.24, 2.45) is 0 Å². The van der Waals surface area contributed by atoms with E-state index in [0.717, 1.165) is 22.5 Å². The molecule has 0 atom stereocenters. The minimum Gasteiger partial charge on any atom is -0.356 e. The number of hydrogen-bond donors (Lipinski definition) is 0. The van der Waals surface area contributed by atoms with E-state index in [1.54, 1.807) is 6.20 Å². The van der Waals surface area contributed by atoms with E-state index in [4.69, 9.17) is 16.1 Å². The summed E-state index contributed by atoms with van der Waals surface area (Å²) in [5.41, 5.74) is 3.38. The van der Waals surface area contributed by atoms with Gasteiger partial charge in [-0.15, -0.1) is 0 Å². The second-order valence-corrected chi connectivity index (χ2v) is 4.56. The molecule has 0 N–H and O–H groups in total. The summed E-state index contributed by atoms with van der Waals surface area (Å²) in [4.78, 5) is 8.37. The Balaban J connectivity index is 2.14. The van der Waals surface area contributed by atoms with Gasteiger partial charge in [0.1, 0.15) is 6.33 Å². The van der Waals surface area contributed by atoms with Crippen LogP contribution in [0.25, 0.3) is 22.6 Å². The lowest BCUT2D eigenvalue weighted by Crippen LogP contribution is -1.89. The molecule has 4 nitrogen and oxygen atoms in total. The Bertz CT molecular complexity index is 707. The highest BCUT2D eigenvalue weighted by Crippen LogP contribution is 2.30. The molecule has 5 heteroatoms. The highest BCUT2D eigenvalue weighted by molar-refractivity contribution is 6.30. The van der Waals surface area contributed by atoms with Gasteiger partial charge in [0.15, 0.2) is 5.76 Å². The van der Waals surface area contributed by atoms with Crippen molar-refractivity contribution in [3.63, 3.8) is 0 Å². The summed E-state index contributed by atoms with van der Waals surface area (Å²) in [5, 5.41) is 4.58. The molecule has 0 fully saturated rings. The highest BCUT2D eigenvalue weighted by Gasteiger charge is 2.13. The standard InChI is InChI=1S/C14H10ClN3O/c1-9-6-13(19-18-9)12-7-16-8-17-14(12)10-2-4-11(15)5-3-10/h2-8H,1H3. The lowest BCUT2D eigenvalue weighted by molar-refractivity contribution is 0.427. The van der Waals surface area contributed by atoms with Crippen LogP contribution in [0.2, 0.25) is 5.02 Å². The molecule has 0 spiro atoms. The Hall–Kier alpha value is -2.20. The average molecular weight is 272 g/mol. The second-order valence-electron chi connectivity index (χ2n) is 4.12. The number of halogens is 1. The quantitative estimate of drug-likeness (QED) is 0.712. The minimum atomic E-state index is 0.656. The summed E-state index contributed by atoms with van der Waals surface area (Å²) < 4.78 is 5.28. The SMILES string of the molecule is Cc1cc(-c2cncnc2-c2ccc(Cl)cc2)on1. The normalized spacial score (nSPS) is 10.6. The van der Waals surface area contributed by atoms with Crippen LogP contribution in [0.3, 0.4) is 0 Å². The van der Waals surface area contributed by atoms with Gasteiger partial charge in [0.2, 0.25) is 0 Å². The van der Waals surface area contributed by atoms with Gasteiger partial charge in [-0.2, -0.15) is 0 Å². The Labute approximate surface area is 115 Å². The molecule has 0 radical (unpaired) electrons. The molecule has 2 heterocycles. The Morgan fingerprint density at radius 3 is 2.63 bits per heavy atom. The van der Waals surface area contributed by atoms with Crippen molar-refractivity contribution >= 4 is 11.6 Å². The first-order valence-corrected chi connectivity index (χ1v) is 6.11. The summed E-state index contributed by atoms with van der Waals surface area (Å²) in [6.45, 7) is 1.87. The largest absolute Gasteiger partial charge is 0.356 e. The van der Waals surface area contributed by atoms with Crippen LogP contribution in [-0.2, 0) is 0 Å². The third kappa shape index (κ3) is 2.35. The van der Waals surface area contributed by atoms with Crippen LogP contribution in [0.4, 0.5) is 0 Å². The fourth-order valence-electron chi connectivity index (χ4n) is 1.84. The molecule has 2 aromatic heterocycles. The van der Waals surface area contributed by atoms with Gasteiger partial charge >= 0.3 is 0 Å². The van der Waals surface area contributed by atoms with Crippen molar-refractivity contribution in [1.82, 2.24) is 15.1 Å². The number of aryl methyl sites for hydroxylation is 1. The molecule has 94 valence electrons. The second kappa shape index (κ2) is 4.82. The molecule has 0 saturated heterocycles. The molecule has 0 bridgehead atoms. The van der Waals surface area contributed by atoms with Gasteiger partial charge in [-0.3, -0.25) is 0 Å². The van der Waals surface area contributed by atoms with Gasteiger partial charge in [0.25, 0.3) is 0 Å². The van der Waals surface area contributed by atoms with E-state index in [9.17, 15) is 0 Å². The smallest absolute Gasteiger partial charge is 0.170 e. The Kier molecular flexibility index (Phi) is 3.01. The number of aromatic nitrogens is 3. The van der Waals surface area contributed by atoms with Crippen molar-refractivity contribution in [1.29, 1.82) is 0 Å². The summed E-state index contributed by atoms with van der Waals surface area (Å²) in [6.07, 6.45) is 3.23. The maximum atomic E-state index is 5.90. The molecule has 0 aliphatic carbocycles. The highest BCUT2D eigenvalue weighted by atomic mass is 35.5. The van der Waals surface area contributed by atoms with Crippen LogP contribution in [0.15, 0.2) is 47.4 Å². The van der Waals surface area contributed by atoms with E-state index < -0.39 is 0 Å². The van der Waals surface area contributed by atoms with Gasteiger partial charge in [0.05, 0.1) is 17.0 Å². The van der Waals surface area contributed by atoms with Crippen molar-refractivity contribution in [2.45, 2.75) is 6.92 Å². The van der Waals surface area contributed by atoms with Crippen LogP contribution < -0.4 is 0 Å². The maximum Gasteiger partial charge on any atom is 0.170 e. The zero-order valence-corrected chi connectivity index (χ0v) is 10.9. The fourth-order valence-corrected chi connectivity index (χ4v) is 1.96. The first-order chi connectivity index (χ1) is 9.24. The molecule has 0 aliphatic heterocycles. The number of rotatable bonds is 2. The molecule has 19 heavy (non-hydrogen) atoms. The van der Waals surface area contributed by atoms with Gasteiger partial charge in [0, 0.05) is 22.8 Å². The molecule has 3 rings (SSSR count). The van der Waals surface area contributed by atoms with E-state index in [1.807, 2.05) is 37.3 Å². The third-order valence-electron chi connectivity index (χ3n) is 2.72. The summed E-state index contributed by atoms with van der Waals surface area (Å²) >= 11 is 5.90. The molecule has 0 unspecified atom stereocenters. The minimum absolute atomic E-state index is 0.656. The lowest BCUT2D eigenvalue weighted by atomic mass is 10.1. The first-order valence-electron chi connectivity index (χ1n) is 5.73.